The zero-order chi connectivity index (χ0) is 16.4. The van der Waals surface area contributed by atoms with Crippen LogP contribution in [0.1, 0.15) is 25.3 Å². The minimum absolute atomic E-state index is 0.0392. The molecule has 0 saturated heterocycles. The van der Waals surface area contributed by atoms with Crippen LogP contribution in [0.4, 0.5) is 4.79 Å². The summed E-state index contributed by atoms with van der Waals surface area (Å²) in [5.74, 6) is -1.19. The van der Waals surface area contributed by atoms with Gasteiger partial charge in [-0.05, 0) is 18.9 Å². The minimum atomic E-state index is -0.962. The van der Waals surface area contributed by atoms with Crippen LogP contribution in [-0.2, 0) is 25.7 Å². The predicted molar refractivity (Wildman–Crippen MR) is 78.6 cm³/mol. The molecule has 0 aliphatic rings. The van der Waals surface area contributed by atoms with Crippen molar-refractivity contribution < 1.29 is 23.9 Å². The molecule has 0 saturated carbocycles. The van der Waals surface area contributed by atoms with Crippen LogP contribution in [0.3, 0.4) is 0 Å². The van der Waals surface area contributed by atoms with E-state index in [0.29, 0.717) is 0 Å². The Kier molecular flexibility index (Phi) is 7.45. The molecule has 22 heavy (non-hydrogen) atoms. The summed E-state index contributed by atoms with van der Waals surface area (Å²) in [6.07, 6.45) is -0.733. The number of nitrogens with one attached hydrogen (secondary N) is 1. The number of benzene rings is 1. The number of hydrogen-bond donors (Lipinski definition) is 2. The Bertz CT molecular complexity index is 504. The standard InChI is InChI=1S/C15H20N2O5/c1-2-21-14(19)12(8-9-13(16)18)17-15(20)22-10-11-6-4-3-5-7-11/h3-7,12H,2,8-10H2,1H3,(H2,16,18)(H,17,20)/t12-/m0/s1. The molecule has 2 amide bonds. The molecular weight excluding hydrogens is 288 g/mol. The molecule has 1 rings (SSSR count). The first-order chi connectivity index (χ1) is 10.5. The molecule has 0 spiro atoms. The molecule has 0 radical (unpaired) electrons. The number of ether oxygens (including phenoxy) is 2. The van der Waals surface area contributed by atoms with E-state index in [2.05, 4.69) is 5.32 Å². The Morgan fingerprint density at radius 2 is 1.86 bits per heavy atom. The third kappa shape index (κ3) is 6.74. The SMILES string of the molecule is CCOC(=O)[C@H](CCC(N)=O)NC(=O)OCc1ccccc1. The Morgan fingerprint density at radius 3 is 2.45 bits per heavy atom. The van der Waals surface area contributed by atoms with Crippen LogP contribution < -0.4 is 11.1 Å². The highest BCUT2D eigenvalue weighted by Crippen LogP contribution is 2.03. The fourth-order valence-corrected chi connectivity index (χ4v) is 1.69. The largest absolute Gasteiger partial charge is 0.464 e. The maximum atomic E-state index is 11.7. The smallest absolute Gasteiger partial charge is 0.408 e. The van der Waals surface area contributed by atoms with Crippen LogP contribution in [0.15, 0.2) is 30.3 Å². The van der Waals surface area contributed by atoms with Crippen molar-refractivity contribution in [1.29, 1.82) is 0 Å². The van der Waals surface area contributed by atoms with E-state index in [1.807, 2.05) is 30.3 Å². The third-order valence-electron chi connectivity index (χ3n) is 2.76. The Hall–Kier alpha value is -2.57. The molecule has 120 valence electrons. The molecule has 0 aliphatic heterocycles. The van der Waals surface area contributed by atoms with Gasteiger partial charge in [0, 0.05) is 6.42 Å². The van der Waals surface area contributed by atoms with Gasteiger partial charge in [0.15, 0.2) is 0 Å². The Labute approximate surface area is 128 Å². The Balaban J connectivity index is 2.50. The van der Waals surface area contributed by atoms with E-state index in [9.17, 15) is 14.4 Å². The molecule has 0 aliphatic carbocycles. The molecule has 0 unspecified atom stereocenters. The van der Waals surface area contributed by atoms with Crippen molar-refractivity contribution in [2.24, 2.45) is 5.73 Å². The average Bonchev–Trinajstić information content (AvgIpc) is 2.50. The van der Waals surface area contributed by atoms with E-state index in [1.54, 1.807) is 6.92 Å². The zero-order valence-electron chi connectivity index (χ0n) is 12.4. The summed E-state index contributed by atoms with van der Waals surface area (Å²) in [5, 5.41) is 2.38. The van der Waals surface area contributed by atoms with Crippen molar-refractivity contribution in [3.8, 4) is 0 Å². The summed E-state index contributed by atoms with van der Waals surface area (Å²) in [4.78, 5) is 34.3. The minimum Gasteiger partial charge on any atom is -0.464 e. The van der Waals surface area contributed by atoms with Crippen LogP contribution in [0.5, 0.6) is 0 Å². The van der Waals surface area contributed by atoms with Gasteiger partial charge < -0.3 is 20.5 Å². The van der Waals surface area contributed by atoms with E-state index in [1.165, 1.54) is 0 Å². The van der Waals surface area contributed by atoms with E-state index >= 15 is 0 Å². The maximum absolute atomic E-state index is 11.7. The highest BCUT2D eigenvalue weighted by molar-refractivity contribution is 5.82. The summed E-state index contributed by atoms with van der Waals surface area (Å²) in [6, 6.07) is 8.16. The summed E-state index contributed by atoms with van der Waals surface area (Å²) in [5.41, 5.74) is 5.87. The summed E-state index contributed by atoms with van der Waals surface area (Å²) >= 11 is 0. The van der Waals surface area contributed by atoms with Gasteiger partial charge in [0.05, 0.1) is 6.61 Å². The lowest BCUT2D eigenvalue weighted by atomic mass is 10.1. The zero-order valence-corrected chi connectivity index (χ0v) is 12.4. The van der Waals surface area contributed by atoms with Gasteiger partial charge in [0.1, 0.15) is 12.6 Å². The average molecular weight is 308 g/mol. The fraction of sp³-hybridized carbons (Fsp3) is 0.400. The fourth-order valence-electron chi connectivity index (χ4n) is 1.69. The van der Waals surface area contributed by atoms with Crippen molar-refractivity contribution in [2.45, 2.75) is 32.4 Å². The monoisotopic (exact) mass is 308 g/mol. The predicted octanol–water partition coefficient (Wildman–Crippen LogP) is 1.11. The molecule has 0 heterocycles. The molecule has 3 N–H and O–H groups in total. The van der Waals surface area contributed by atoms with Crippen LogP contribution in [0.25, 0.3) is 0 Å². The van der Waals surface area contributed by atoms with E-state index in [0.717, 1.165) is 5.56 Å². The summed E-state index contributed by atoms with van der Waals surface area (Å²) in [7, 11) is 0. The van der Waals surface area contributed by atoms with E-state index < -0.39 is 24.0 Å². The van der Waals surface area contributed by atoms with E-state index in [4.69, 9.17) is 15.2 Å². The first-order valence-electron chi connectivity index (χ1n) is 6.95. The van der Waals surface area contributed by atoms with Crippen LogP contribution in [0, 0.1) is 0 Å². The van der Waals surface area contributed by atoms with Gasteiger partial charge >= 0.3 is 12.1 Å². The third-order valence-corrected chi connectivity index (χ3v) is 2.76. The van der Waals surface area contributed by atoms with Gasteiger partial charge in [-0.1, -0.05) is 30.3 Å². The van der Waals surface area contributed by atoms with Gasteiger partial charge in [-0.2, -0.15) is 0 Å². The number of esters is 1. The van der Waals surface area contributed by atoms with Crippen molar-refractivity contribution in [3.63, 3.8) is 0 Å². The number of carbonyl (C=O) groups is 3. The number of primary amides is 1. The van der Waals surface area contributed by atoms with Crippen LogP contribution in [-0.4, -0.2) is 30.6 Å². The molecule has 0 aromatic heterocycles. The first-order valence-corrected chi connectivity index (χ1v) is 6.95. The number of alkyl carbamates (subject to hydrolysis) is 1. The quantitative estimate of drug-likeness (QED) is 0.699. The number of carbonyl (C=O) groups excluding carboxylic acids is 3. The van der Waals surface area contributed by atoms with Gasteiger partial charge in [0.25, 0.3) is 0 Å². The molecule has 7 heteroatoms. The molecule has 0 fully saturated rings. The second-order valence-corrected chi connectivity index (χ2v) is 4.52. The molecule has 1 atom stereocenters. The lowest BCUT2D eigenvalue weighted by molar-refractivity contribution is -0.145. The highest BCUT2D eigenvalue weighted by Gasteiger charge is 2.23. The second kappa shape index (κ2) is 9.38. The molecule has 0 bridgehead atoms. The molecule has 1 aromatic rings. The topological polar surface area (TPSA) is 108 Å². The maximum Gasteiger partial charge on any atom is 0.408 e. The molecule has 1 aromatic carbocycles. The van der Waals surface area contributed by atoms with Gasteiger partial charge in [-0.3, -0.25) is 4.79 Å². The van der Waals surface area contributed by atoms with Crippen LogP contribution in [0.2, 0.25) is 0 Å². The van der Waals surface area contributed by atoms with Crippen molar-refractivity contribution >= 4 is 18.0 Å². The van der Waals surface area contributed by atoms with E-state index in [-0.39, 0.29) is 26.1 Å². The van der Waals surface area contributed by atoms with Crippen molar-refractivity contribution in [2.75, 3.05) is 6.61 Å². The second-order valence-electron chi connectivity index (χ2n) is 4.52. The number of nitrogens with two attached hydrogens (primary N) is 1. The lowest BCUT2D eigenvalue weighted by Crippen LogP contribution is -2.42. The summed E-state index contributed by atoms with van der Waals surface area (Å²) < 4.78 is 9.86. The first kappa shape index (κ1) is 17.5. The highest BCUT2D eigenvalue weighted by atomic mass is 16.6. The number of amides is 2. The normalized spacial score (nSPS) is 11.3. The van der Waals surface area contributed by atoms with Crippen molar-refractivity contribution in [3.05, 3.63) is 35.9 Å². The van der Waals surface area contributed by atoms with Gasteiger partial charge in [-0.25, -0.2) is 9.59 Å². The molecular formula is C15H20N2O5. The number of hydrogen-bond acceptors (Lipinski definition) is 5. The van der Waals surface area contributed by atoms with Gasteiger partial charge in [0.2, 0.25) is 5.91 Å². The molecule has 7 nitrogen and oxygen atoms in total. The van der Waals surface area contributed by atoms with Crippen LogP contribution >= 0.6 is 0 Å². The van der Waals surface area contributed by atoms with Crippen molar-refractivity contribution in [1.82, 2.24) is 5.32 Å². The summed E-state index contributed by atoms with van der Waals surface area (Å²) in [6.45, 7) is 1.90. The van der Waals surface area contributed by atoms with Gasteiger partial charge in [-0.15, -0.1) is 0 Å². The number of rotatable bonds is 8. The lowest BCUT2D eigenvalue weighted by Gasteiger charge is -2.16. The Morgan fingerprint density at radius 1 is 1.18 bits per heavy atom.